The quantitative estimate of drug-likeness (QED) is 0.348. The molecule has 3 aromatic rings. The van der Waals surface area contributed by atoms with E-state index in [-0.39, 0.29) is 0 Å². The Morgan fingerprint density at radius 1 is 0.946 bits per heavy atom. The summed E-state index contributed by atoms with van der Waals surface area (Å²) in [6, 6.07) is 19.2. The molecule has 2 unspecified atom stereocenters. The summed E-state index contributed by atoms with van der Waals surface area (Å²) in [5.41, 5.74) is 2.07. The zero-order valence-electron chi connectivity index (χ0n) is 22.1. The molecule has 0 bridgehead atoms. The Morgan fingerprint density at radius 2 is 1.57 bits per heavy atom. The molecule has 0 saturated heterocycles. The van der Waals surface area contributed by atoms with Crippen molar-refractivity contribution in [3.63, 3.8) is 0 Å². The SMILES string of the molecule is C#CN(C(=O)C(C)NC(=O)OC(C)(C)C)C(C(=O)Nc1ccc2ccccc2c1)c1c(C)cccc1C. The molecule has 0 aliphatic rings. The van der Waals surface area contributed by atoms with Gasteiger partial charge < -0.3 is 15.4 Å². The number of alkyl carbamates (subject to hydrolysis) is 1. The van der Waals surface area contributed by atoms with Crippen molar-refractivity contribution in [3.8, 4) is 12.5 Å². The lowest BCUT2D eigenvalue weighted by Gasteiger charge is -2.31. The van der Waals surface area contributed by atoms with Crippen LogP contribution in [0.5, 0.6) is 0 Å². The number of hydrogen-bond donors (Lipinski definition) is 2. The largest absolute Gasteiger partial charge is 0.444 e. The van der Waals surface area contributed by atoms with Crippen LogP contribution in [0.15, 0.2) is 60.7 Å². The number of terminal acetylenes is 1. The van der Waals surface area contributed by atoms with Gasteiger partial charge in [-0.3, -0.25) is 14.5 Å². The predicted octanol–water partition coefficient (Wildman–Crippen LogP) is 5.47. The average Bonchev–Trinajstić information content (AvgIpc) is 2.81. The first-order valence-corrected chi connectivity index (χ1v) is 12.1. The number of ether oxygens (including phenoxy) is 1. The third-order valence-electron chi connectivity index (χ3n) is 5.82. The molecule has 3 aromatic carbocycles. The van der Waals surface area contributed by atoms with Crippen molar-refractivity contribution >= 4 is 34.4 Å². The Kier molecular flexibility index (Phi) is 8.24. The Labute approximate surface area is 218 Å². The number of nitrogens with one attached hydrogen (secondary N) is 2. The summed E-state index contributed by atoms with van der Waals surface area (Å²) in [4.78, 5) is 40.6. The van der Waals surface area contributed by atoms with Crippen LogP contribution in [-0.4, -0.2) is 34.5 Å². The standard InChI is InChI=1S/C30H33N3O4/c1-8-33(28(35)21(4)31-29(36)37-30(5,6)7)26(25-19(2)12-11-13-20(25)3)27(34)32-24-17-16-22-14-9-10-15-23(22)18-24/h1,9-18,21,26H,2-7H3,(H,31,36)(H,32,34). The minimum Gasteiger partial charge on any atom is -0.444 e. The van der Waals surface area contributed by atoms with Gasteiger partial charge in [0, 0.05) is 11.7 Å². The number of carbonyl (C=O) groups excluding carboxylic acids is 3. The van der Waals surface area contributed by atoms with Crippen molar-refractivity contribution in [1.82, 2.24) is 10.2 Å². The Bertz CT molecular complexity index is 1350. The van der Waals surface area contributed by atoms with E-state index >= 15 is 0 Å². The summed E-state index contributed by atoms with van der Waals surface area (Å²) in [6.45, 7) is 10.4. The molecular formula is C30H33N3O4. The highest BCUT2D eigenvalue weighted by Crippen LogP contribution is 2.30. The van der Waals surface area contributed by atoms with Gasteiger partial charge in [-0.25, -0.2) is 4.79 Å². The number of anilines is 1. The highest BCUT2D eigenvalue weighted by molar-refractivity contribution is 6.01. The molecule has 3 amide bonds. The van der Waals surface area contributed by atoms with Gasteiger partial charge in [-0.05, 0) is 81.1 Å². The van der Waals surface area contributed by atoms with Crippen molar-refractivity contribution in [2.75, 3.05) is 5.32 Å². The molecule has 7 nitrogen and oxygen atoms in total. The number of aryl methyl sites for hydroxylation is 2. The maximum atomic E-state index is 13.8. The maximum Gasteiger partial charge on any atom is 0.408 e. The number of rotatable bonds is 6. The fraction of sp³-hybridized carbons (Fsp3) is 0.300. The zero-order chi connectivity index (χ0) is 27.3. The molecule has 0 spiro atoms. The summed E-state index contributed by atoms with van der Waals surface area (Å²) < 4.78 is 5.27. The van der Waals surface area contributed by atoms with Crippen molar-refractivity contribution in [3.05, 3.63) is 77.4 Å². The van der Waals surface area contributed by atoms with Crippen LogP contribution in [0.2, 0.25) is 0 Å². The van der Waals surface area contributed by atoms with Gasteiger partial charge in [0.15, 0.2) is 0 Å². The molecular weight excluding hydrogens is 466 g/mol. The van der Waals surface area contributed by atoms with Gasteiger partial charge in [0.05, 0.1) is 0 Å². The normalized spacial score (nSPS) is 12.7. The zero-order valence-corrected chi connectivity index (χ0v) is 22.1. The van der Waals surface area contributed by atoms with Gasteiger partial charge in [-0.1, -0.05) is 55.0 Å². The van der Waals surface area contributed by atoms with Crippen molar-refractivity contribution in [2.45, 2.75) is 59.2 Å². The predicted molar refractivity (Wildman–Crippen MR) is 146 cm³/mol. The molecule has 0 aliphatic carbocycles. The summed E-state index contributed by atoms with van der Waals surface area (Å²) in [7, 11) is 0. The first-order chi connectivity index (χ1) is 17.4. The summed E-state index contributed by atoms with van der Waals surface area (Å²) in [5.74, 6) is -1.09. The fourth-order valence-corrected chi connectivity index (χ4v) is 4.13. The molecule has 37 heavy (non-hydrogen) atoms. The summed E-state index contributed by atoms with van der Waals surface area (Å²) in [6.07, 6.45) is 5.06. The molecule has 7 heteroatoms. The van der Waals surface area contributed by atoms with E-state index in [0.717, 1.165) is 26.8 Å². The Morgan fingerprint density at radius 3 is 2.16 bits per heavy atom. The second kappa shape index (κ2) is 11.2. The molecule has 0 aliphatic heterocycles. The van der Waals surface area contributed by atoms with Crippen LogP contribution in [0.25, 0.3) is 10.8 Å². The Hall–Kier alpha value is -4.31. The van der Waals surface area contributed by atoms with Gasteiger partial charge in [0.1, 0.15) is 17.7 Å². The molecule has 0 heterocycles. The van der Waals surface area contributed by atoms with E-state index in [1.54, 1.807) is 26.8 Å². The second-order valence-corrected chi connectivity index (χ2v) is 9.96. The number of carbonyl (C=O) groups is 3. The third-order valence-corrected chi connectivity index (χ3v) is 5.82. The van der Waals surface area contributed by atoms with Crippen LogP contribution in [0.3, 0.4) is 0 Å². The third kappa shape index (κ3) is 6.68. The lowest BCUT2D eigenvalue weighted by molar-refractivity contribution is -0.136. The number of amides is 3. The molecule has 3 rings (SSSR count). The van der Waals surface area contributed by atoms with E-state index in [2.05, 4.69) is 16.7 Å². The summed E-state index contributed by atoms with van der Waals surface area (Å²) >= 11 is 0. The molecule has 0 aromatic heterocycles. The monoisotopic (exact) mass is 499 g/mol. The van der Waals surface area contributed by atoms with E-state index in [4.69, 9.17) is 11.2 Å². The summed E-state index contributed by atoms with van der Waals surface area (Å²) in [5, 5.41) is 7.44. The van der Waals surface area contributed by atoms with Crippen LogP contribution in [0.1, 0.15) is 50.4 Å². The highest BCUT2D eigenvalue weighted by Gasteiger charge is 2.36. The van der Waals surface area contributed by atoms with Crippen LogP contribution >= 0.6 is 0 Å². The van der Waals surface area contributed by atoms with E-state index in [0.29, 0.717) is 11.3 Å². The lowest BCUT2D eigenvalue weighted by atomic mass is 9.94. The van der Waals surface area contributed by atoms with Crippen molar-refractivity contribution in [2.24, 2.45) is 0 Å². The molecule has 0 saturated carbocycles. The number of hydrogen-bond acceptors (Lipinski definition) is 4. The van der Waals surface area contributed by atoms with Gasteiger partial charge in [-0.15, -0.1) is 0 Å². The fourth-order valence-electron chi connectivity index (χ4n) is 4.13. The number of benzene rings is 3. The van der Waals surface area contributed by atoms with Crippen molar-refractivity contribution < 1.29 is 19.1 Å². The second-order valence-electron chi connectivity index (χ2n) is 9.96. The van der Waals surface area contributed by atoms with E-state index in [9.17, 15) is 14.4 Å². The topological polar surface area (TPSA) is 87.7 Å². The molecule has 2 atom stereocenters. The number of nitrogens with zero attached hydrogens (tertiary/aromatic N) is 1. The first kappa shape index (κ1) is 27.3. The number of fused-ring (bicyclic) bond motifs is 1. The van der Waals surface area contributed by atoms with E-state index in [1.165, 1.54) is 6.92 Å². The molecule has 0 radical (unpaired) electrons. The van der Waals surface area contributed by atoms with Crippen LogP contribution in [0, 0.1) is 26.3 Å². The van der Waals surface area contributed by atoms with Crippen molar-refractivity contribution in [1.29, 1.82) is 0 Å². The van der Waals surface area contributed by atoms with Gasteiger partial charge >= 0.3 is 6.09 Å². The van der Waals surface area contributed by atoms with Gasteiger partial charge in [-0.2, -0.15) is 0 Å². The van der Waals surface area contributed by atoms with Crippen LogP contribution in [0.4, 0.5) is 10.5 Å². The Balaban J connectivity index is 1.96. The van der Waals surface area contributed by atoms with E-state index < -0.39 is 35.6 Å². The van der Waals surface area contributed by atoms with Crippen LogP contribution < -0.4 is 10.6 Å². The molecule has 192 valence electrons. The molecule has 0 fully saturated rings. The highest BCUT2D eigenvalue weighted by atomic mass is 16.6. The minimum absolute atomic E-state index is 0.469. The average molecular weight is 500 g/mol. The van der Waals surface area contributed by atoms with Gasteiger partial charge in [0.25, 0.3) is 11.8 Å². The smallest absolute Gasteiger partial charge is 0.408 e. The van der Waals surface area contributed by atoms with E-state index in [1.807, 2.05) is 68.4 Å². The first-order valence-electron chi connectivity index (χ1n) is 12.1. The lowest BCUT2D eigenvalue weighted by Crippen LogP contribution is -2.49. The van der Waals surface area contributed by atoms with Gasteiger partial charge in [0.2, 0.25) is 0 Å². The van der Waals surface area contributed by atoms with Crippen LogP contribution in [-0.2, 0) is 14.3 Å². The minimum atomic E-state index is -1.13. The maximum absolute atomic E-state index is 13.8. The molecule has 2 N–H and O–H groups in total.